The van der Waals surface area contributed by atoms with E-state index in [-0.39, 0.29) is 0 Å². The summed E-state index contributed by atoms with van der Waals surface area (Å²) in [5.74, 6) is 1.73. The Bertz CT molecular complexity index is 722. The molecule has 2 heterocycles. The first-order valence-corrected chi connectivity index (χ1v) is 10.8. The maximum atomic E-state index is 5.86. The second-order valence-electron chi connectivity index (χ2n) is 7.44. The van der Waals surface area contributed by atoms with Gasteiger partial charge in [0.25, 0.3) is 0 Å². The molecule has 2 N–H and O–H groups in total. The minimum absolute atomic E-state index is 0.735. The normalized spacial score (nSPS) is 22.0. The molecule has 1 aromatic carbocycles. The standard InChI is InChI=1S/C21H29N3OS/c1-2-12-22-16-9-7-15(8-10-16)14-23-21-24-20-17-5-3-4-6-18(17)25-13-11-19(20)26-21/h3-6,15-16,22H,2,7-14H2,1H3,(H,23,24). The number of hydrogen-bond donors (Lipinski definition) is 2. The second-order valence-corrected chi connectivity index (χ2v) is 8.52. The lowest BCUT2D eigenvalue weighted by atomic mass is 9.86. The number of anilines is 1. The van der Waals surface area contributed by atoms with Gasteiger partial charge in [-0.2, -0.15) is 0 Å². The molecule has 0 atom stereocenters. The van der Waals surface area contributed by atoms with Crippen LogP contribution in [0.2, 0.25) is 0 Å². The summed E-state index contributed by atoms with van der Waals surface area (Å²) in [6.45, 7) is 5.18. The van der Waals surface area contributed by atoms with Gasteiger partial charge in [-0.1, -0.05) is 19.1 Å². The van der Waals surface area contributed by atoms with Gasteiger partial charge in [-0.3, -0.25) is 0 Å². The fourth-order valence-electron chi connectivity index (χ4n) is 4.00. The number of nitrogens with zero attached hydrogens (tertiary/aromatic N) is 1. The van der Waals surface area contributed by atoms with E-state index in [9.17, 15) is 0 Å². The Morgan fingerprint density at radius 1 is 1.19 bits per heavy atom. The lowest BCUT2D eigenvalue weighted by Gasteiger charge is -2.29. The highest BCUT2D eigenvalue weighted by Crippen LogP contribution is 2.39. The second kappa shape index (κ2) is 8.40. The van der Waals surface area contributed by atoms with Crippen LogP contribution in [0.4, 0.5) is 5.13 Å². The molecule has 2 aromatic rings. The van der Waals surface area contributed by atoms with Crippen LogP contribution in [0.15, 0.2) is 24.3 Å². The molecule has 4 nitrogen and oxygen atoms in total. The number of aromatic nitrogens is 1. The molecule has 0 unspecified atom stereocenters. The molecule has 0 bridgehead atoms. The molecule has 2 aliphatic rings. The van der Waals surface area contributed by atoms with Crippen molar-refractivity contribution in [3.63, 3.8) is 0 Å². The van der Waals surface area contributed by atoms with Gasteiger partial charge >= 0.3 is 0 Å². The van der Waals surface area contributed by atoms with Crippen LogP contribution < -0.4 is 15.4 Å². The van der Waals surface area contributed by atoms with Crippen molar-refractivity contribution in [1.29, 1.82) is 0 Å². The molecular weight excluding hydrogens is 342 g/mol. The van der Waals surface area contributed by atoms with Crippen molar-refractivity contribution in [2.24, 2.45) is 5.92 Å². The van der Waals surface area contributed by atoms with Crippen molar-refractivity contribution in [2.45, 2.75) is 51.5 Å². The van der Waals surface area contributed by atoms with E-state index in [0.717, 1.165) is 60.2 Å². The minimum Gasteiger partial charge on any atom is -0.493 e. The van der Waals surface area contributed by atoms with Crippen LogP contribution in [0.25, 0.3) is 11.3 Å². The maximum Gasteiger partial charge on any atom is 0.183 e. The Hall–Kier alpha value is -1.59. The number of ether oxygens (including phenoxy) is 1. The summed E-state index contributed by atoms with van der Waals surface area (Å²) in [7, 11) is 0. The molecule has 1 aliphatic heterocycles. The molecule has 1 aliphatic carbocycles. The number of nitrogens with one attached hydrogen (secondary N) is 2. The van der Waals surface area contributed by atoms with Crippen molar-refractivity contribution >= 4 is 16.5 Å². The molecule has 26 heavy (non-hydrogen) atoms. The lowest BCUT2D eigenvalue weighted by molar-refractivity contribution is 0.301. The molecule has 1 saturated carbocycles. The molecule has 140 valence electrons. The maximum absolute atomic E-state index is 5.86. The predicted molar refractivity (Wildman–Crippen MR) is 109 cm³/mol. The molecule has 4 rings (SSSR count). The third kappa shape index (κ3) is 4.04. The smallest absolute Gasteiger partial charge is 0.183 e. The van der Waals surface area contributed by atoms with E-state index in [1.165, 1.54) is 37.0 Å². The average Bonchev–Trinajstić information content (AvgIpc) is 3.01. The molecule has 0 spiro atoms. The molecule has 0 saturated heterocycles. The van der Waals surface area contributed by atoms with Gasteiger partial charge in [-0.25, -0.2) is 4.98 Å². The average molecular weight is 372 g/mol. The fourth-order valence-corrected chi connectivity index (χ4v) is 4.96. The Balaban J connectivity index is 1.35. The molecule has 1 fully saturated rings. The van der Waals surface area contributed by atoms with Crippen LogP contribution in [0, 0.1) is 5.92 Å². The number of fused-ring (bicyclic) bond motifs is 3. The first kappa shape index (κ1) is 17.8. The molecule has 0 radical (unpaired) electrons. The van der Waals surface area contributed by atoms with Crippen molar-refractivity contribution in [3.05, 3.63) is 29.1 Å². The summed E-state index contributed by atoms with van der Waals surface area (Å²) in [6.07, 6.45) is 7.42. The number of hydrogen-bond acceptors (Lipinski definition) is 5. The van der Waals surface area contributed by atoms with E-state index in [0.29, 0.717) is 0 Å². The monoisotopic (exact) mass is 371 g/mol. The largest absolute Gasteiger partial charge is 0.493 e. The van der Waals surface area contributed by atoms with Crippen LogP contribution in [-0.2, 0) is 6.42 Å². The minimum atomic E-state index is 0.735. The van der Waals surface area contributed by atoms with E-state index in [1.807, 2.05) is 12.1 Å². The van der Waals surface area contributed by atoms with Gasteiger partial charge in [0.05, 0.1) is 12.3 Å². The first-order chi connectivity index (χ1) is 12.8. The highest BCUT2D eigenvalue weighted by Gasteiger charge is 2.22. The third-order valence-electron chi connectivity index (χ3n) is 5.50. The zero-order chi connectivity index (χ0) is 17.8. The Labute approximate surface area is 160 Å². The van der Waals surface area contributed by atoms with Crippen LogP contribution >= 0.6 is 11.3 Å². The summed E-state index contributed by atoms with van der Waals surface area (Å²) in [5, 5.41) is 8.37. The lowest BCUT2D eigenvalue weighted by Crippen LogP contribution is -2.34. The molecule has 0 amide bonds. The highest BCUT2D eigenvalue weighted by molar-refractivity contribution is 7.16. The fraction of sp³-hybridized carbons (Fsp3) is 0.571. The van der Waals surface area contributed by atoms with E-state index < -0.39 is 0 Å². The predicted octanol–water partition coefficient (Wildman–Crippen LogP) is 4.72. The number of benzene rings is 1. The van der Waals surface area contributed by atoms with Crippen molar-refractivity contribution in [2.75, 3.05) is 25.0 Å². The van der Waals surface area contributed by atoms with E-state index in [1.54, 1.807) is 11.3 Å². The van der Waals surface area contributed by atoms with Gasteiger partial charge in [0.2, 0.25) is 0 Å². The summed E-state index contributed by atoms with van der Waals surface area (Å²) in [4.78, 5) is 6.24. The Morgan fingerprint density at radius 2 is 2.04 bits per heavy atom. The van der Waals surface area contributed by atoms with Gasteiger partial charge in [0.15, 0.2) is 5.13 Å². The summed E-state index contributed by atoms with van der Waals surface area (Å²) >= 11 is 1.80. The van der Waals surface area contributed by atoms with Gasteiger partial charge in [-0.15, -0.1) is 11.3 Å². The van der Waals surface area contributed by atoms with Gasteiger partial charge in [0.1, 0.15) is 5.75 Å². The summed E-state index contributed by atoms with van der Waals surface area (Å²) in [6, 6.07) is 8.99. The van der Waals surface area contributed by atoms with E-state index >= 15 is 0 Å². The quantitative estimate of drug-likeness (QED) is 0.771. The van der Waals surface area contributed by atoms with E-state index in [2.05, 4.69) is 29.7 Å². The summed E-state index contributed by atoms with van der Waals surface area (Å²) in [5.41, 5.74) is 2.24. The number of thiazole rings is 1. The van der Waals surface area contributed by atoms with Crippen molar-refractivity contribution < 1.29 is 4.74 Å². The van der Waals surface area contributed by atoms with Crippen LogP contribution in [0.3, 0.4) is 0 Å². The van der Waals surface area contributed by atoms with Gasteiger partial charge in [0, 0.05) is 29.4 Å². The Kier molecular flexibility index (Phi) is 5.75. The van der Waals surface area contributed by atoms with Crippen molar-refractivity contribution in [3.8, 4) is 17.0 Å². The topological polar surface area (TPSA) is 46.2 Å². The number of para-hydroxylation sites is 1. The zero-order valence-electron chi connectivity index (χ0n) is 15.6. The zero-order valence-corrected chi connectivity index (χ0v) is 16.4. The van der Waals surface area contributed by atoms with Gasteiger partial charge < -0.3 is 15.4 Å². The van der Waals surface area contributed by atoms with Crippen LogP contribution in [0.1, 0.15) is 43.9 Å². The van der Waals surface area contributed by atoms with Gasteiger partial charge in [-0.05, 0) is 56.7 Å². The summed E-state index contributed by atoms with van der Waals surface area (Å²) < 4.78 is 5.86. The third-order valence-corrected chi connectivity index (χ3v) is 6.57. The van der Waals surface area contributed by atoms with Crippen molar-refractivity contribution in [1.82, 2.24) is 10.3 Å². The molecule has 1 aromatic heterocycles. The van der Waals surface area contributed by atoms with E-state index in [4.69, 9.17) is 9.72 Å². The Morgan fingerprint density at radius 3 is 2.88 bits per heavy atom. The van der Waals surface area contributed by atoms with Crippen LogP contribution in [0.5, 0.6) is 5.75 Å². The molecule has 5 heteroatoms. The SMILES string of the molecule is CCCNC1CCC(CNc2nc3c(s2)CCOc2ccccc2-3)CC1. The van der Waals surface area contributed by atoms with Crippen LogP contribution in [-0.4, -0.2) is 30.7 Å². The first-order valence-electron chi connectivity index (χ1n) is 10.0. The highest BCUT2D eigenvalue weighted by atomic mass is 32.1. The number of rotatable bonds is 6. The molecular formula is C21H29N3OS.